The number of ether oxygens (including phenoxy) is 1. The number of terminal acetylenes is 1. The van der Waals surface area contributed by atoms with Crippen LogP contribution in [0.4, 0.5) is 4.79 Å². The van der Waals surface area contributed by atoms with E-state index < -0.39 is 11.6 Å². The molecule has 14 heavy (non-hydrogen) atoms. The highest BCUT2D eigenvalue weighted by molar-refractivity contribution is 5.72. The second-order valence-corrected chi connectivity index (χ2v) is 3.12. The van der Waals surface area contributed by atoms with Gasteiger partial charge in [-0.3, -0.25) is 5.32 Å². The van der Waals surface area contributed by atoms with Gasteiger partial charge >= 0.3 is 6.09 Å². The summed E-state index contributed by atoms with van der Waals surface area (Å²) in [6, 6.07) is 9.38. The lowest BCUT2D eigenvalue weighted by atomic mass is 9.92. The number of cyclic esters (lactones) is 1. The van der Waals surface area contributed by atoms with E-state index in [1.807, 2.05) is 30.3 Å². The van der Waals surface area contributed by atoms with E-state index in [4.69, 9.17) is 11.2 Å². The summed E-state index contributed by atoms with van der Waals surface area (Å²) in [7, 11) is 0. The number of hydrogen-bond acceptors (Lipinski definition) is 2. The van der Waals surface area contributed by atoms with Crippen LogP contribution in [-0.4, -0.2) is 12.7 Å². The van der Waals surface area contributed by atoms with Crippen molar-refractivity contribution < 1.29 is 9.53 Å². The van der Waals surface area contributed by atoms with Gasteiger partial charge in [0, 0.05) is 0 Å². The highest BCUT2D eigenvalue weighted by Gasteiger charge is 2.39. The van der Waals surface area contributed by atoms with Gasteiger partial charge in [-0.2, -0.15) is 0 Å². The maximum atomic E-state index is 11.0. The zero-order valence-corrected chi connectivity index (χ0v) is 7.49. The summed E-state index contributed by atoms with van der Waals surface area (Å²) in [6.45, 7) is 0.187. The number of nitrogens with one attached hydrogen (secondary N) is 1. The van der Waals surface area contributed by atoms with E-state index in [-0.39, 0.29) is 6.61 Å². The first kappa shape index (κ1) is 8.64. The van der Waals surface area contributed by atoms with Crippen molar-refractivity contribution in [1.29, 1.82) is 0 Å². The fourth-order valence-corrected chi connectivity index (χ4v) is 1.46. The van der Waals surface area contributed by atoms with Gasteiger partial charge in [-0.05, 0) is 5.56 Å². The molecule has 0 saturated carbocycles. The van der Waals surface area contributed by atoms with Gasteiger partial charge in [-0.25, -0.2) is 4.79 Å². The van der Waals surface area contributed by atoms with Crippen molar-refractivity contribution in [2.24, 2.45) is 0 Å². The minimum absolute atomic E-state index is 0.187. The molecule has 0 aromatic heterocycles. The van der Waals surface area contributed by atoms with Crippen LogP contribution in [-0.2, 0) is 10.3 Å². The van der Waals surface area contributed by atoms with Crippen LogP contribution in [0.2, 0.25) is 0 Å². The quantitative estimate of drug-likeness (QED) is 0.672. The smallest absolute Gasteiger partial charge is 0.408 e. The summed E-state index contributed by atoms with van der Waals surface area (Å²) in [4.78, 5) is 11.0. The number of alkyl carbamates (subject to hydrolysis) is 1. The average molecular weight is 187 g/mol. The van der Waals surface area contributed by atoms with Crippen molar-refractivity contribution in [3.05, 3.63) is 35.9 Å². The van der Waals surface area contributed by atoms with Crippen molar-refractivity contribution in [1.82, 2.24) is 5.32 Å². The molecule has 1 aromatic rings. The minimum Gasteiger partial charge on any atom is -0.446 e. The Bertz CT molecular complexity index is 393. The Morgan fingerprint density at radius 2 is 2.14 bits per heavy atom. The average Bonchev–Trinajstić information content (AvgIpc) is 2.63. The number of hydrogen-bond donors (Lipinski definition) is 1. The molecule has 0 bridgehead atoms. The molecule has 1 aliphatic rings. The van der Waals surface area contributed by atoms with Gasteiger partial charge in [0.1, 0.15) is 6.61 Å². The standard InChI is InChI=1S/C11H9NO2/c1-2-11(8-14-10(13)12-11)9-6-4-3-5-7-9/h1,3-7H,8H2,(H,12,13)/t11-/m0/s1. The van der Waals surface area contributed by atoms with E-state index in [0.29, 0.717) is 0 Å². The molecule has 2 rings (SSSR count). The predicted octanol–water partition coefficient (Wildman–Crippen LogP) is 1.25. The number of benzene rings is 1. The van der Waals surface area contributed by atoms with Crippen LogP contribution in [0, 0.1) is 12.3 Å². The van der Waals surface area contributed by atoms with Crippen LogP contribution in [0.25, 0.3) is 0 Å². The first-order chi connectivity index (χ1) is 6.77. The lowest BCUT2D eigenvalue weighted by Crippen LogP contribution is -2.38. The third-order valence-electron chi connectivity index (χ3n) is 2.25. The topological polar surface area (TPSA) is 38.3 Å². The van der Waals surface area contributed by atoms with Gasteiger partial charge in [0.15, 0.2) is 5.54 Å². The number of carbonyl (C=O) groups excluding carboxylic acids is 1. The molecule has 0 aliphatic carbocycles. The van der Waals surface area contributed by atoms with Gasteiger partial charge < -0.3 is 4.74 Å². The molecule has 3 heteroatoms. The van der Waals surface area contributed by atoms with E-state index in [2.05, 4.69) is 11.2 Å². The molecule has 1 heterocycles. The minimum atomic E-state index is -0.793. The molecule has 1 aliphatic heterocycles. The van der Waals surface area contributed by atoms with E-state index in [9.17, 15) is 4.79 Å². The van der Waals surface area contributed by atoms with Crippen LogP contribution < -0.4 is 5.32 Å². The molecule has 0 spiro atoms. The Labute approximate surface area is 82.1 Å². The zero-order valence-electron chi connectivity index (χ0n) is 7.49. The SMILES string of the molecule is C#C[C@@]1(c2ccccc2)COC(=O)N1. The van der Waals surface area contributed by atoms with Crippen molar-refractivity contribution in [3.8, 4) is 12.3 Å². The molecule has 1 N–H and O–H groups in total. The van der Waals surface area contributed by atoms with Crippen molar-refractivity contribution in [2.75, 3.05) is 6.61 Å². The maximum Gasteiger partial charge on any atom is 0.408 e. The van der Waals surface area contributed by atoms with Crippen molar-refractivity contribution >= 4 is 6.09 Å². The third kappa shape index (κ3) is 1.21. The summed E-state index contributed by atoms with van der Waals surface area (Å²) in [5.41, 5.74) is 0.0755. The highest BCUT2D eigenvalue weighted by Crippen LogP contribution is 2.24. The number of amides is 1. The van der Waals surface area contributed by atoms with E-state index in [0.717, 1.165) is 5.56 Å². The third-order valence-corrected chi connectivity index (χ3v) is 2.25. The Balaban J connectivity index is 2.41. The monoisotopic (exact) mass is 187 g/mol. The second kappa shape index (κ2) is 3.08. The number of rotatable bonds is 1. The molecular weight excluding hydrogens is 178 g/mol. The number of carbonyl (C=O) groups is 1. The predicted molar refractivity (Wildman–Crippen MR) is 51.4 cm³/mol. The maximum absolute atomic E-state index is 11.0. The Kier molecular flexibility index (Phi) is 1.90. The summed E-state index contributed by atoms with van der Waals surface area (Å²) in [6.07, 6.45) is 4.95. The van der Waals surface area contributed by atoms with Crippen LogP contribution in [0.5, 0.6) is 0 Å². The van der Waals surface area contributed by atoms with Crippen molar-refractivity contribution in [3.63, 3.8) is 0 Å². The fourth-order valence-electron chi connectivity index (χ4n) is 1.46. The summed E-state index contributed by atoms with van der Waals surface area (Å²) in [5, 5.41) is 2.64. The summed E-state index contributed by atoms with van der Waals surface area (Å²) in [5.74, 6) is 2.57. The Hall–Kier alpha value is -1.95. The molecule has 1 atom stereocenters. The molecule has 0 unspecified atom stereocenters. The Morgan fingerprint density at radius 3 is 2.64 bits per heavy atom. The van der Waals surface area contributed by atoms with Crippen LogP contribution in [0.15, 0.2) is 30.3 Å². The van der Waals surface area contributed by atoms with Crippen molar-refractivity contribution in [2.45, 2.75) is 5.54 Å². The Morgan fingerprint density at radius 1 is 1.43 bits per heavy atom. The lowest BCUT2D eigenvalue weighted by molar-refractivity contribution is 0.175. The zero-order chi connectivity index (χ0) is 10.0. The molecular formula is C11H9NO2. The molecule has 1 amide bonds. The fraction of sp³-hybridized carbons (Fsp3) is 0.182. The first-order valence-corrected chi connectivity index (χ1v) is 4.25. The summed E-state index contributed by atoms with van der Waals surface area (Å²) < 4.78 is 4.82. The van der Waals surface area contributed by atoms with Gasteiger partial charge in [-0.1, -0.05) is 36.3 Å². The molecule has 1 aromatic carbocycles. The first-order valence-electron chi connectivity index (χ1n) is 4.25. The molecule has 1 fully saturated rings. The molecule has 1 saturated heterocycles. The van der Waals surface area contributed by atoms with E-state index in [1.54, 1.807) is 0 Å². The molecule has 70 valence electrons. The normalized spacial score (nSPS) is 24.9. The van der Waals surface area contributed by atoms with Gasteiger partial charge in [0.2, 0.25) is 0 Å². The van der Waals surface area contributed by atoms with Crippen LogP contribution >= 0.6 is 0 Å². The van der Waals surface area contributed by atoms with Gasteiger partial charge in [0.25, 0.3) is 0 Å². The van der Waals surface area contributed by atoms with Crippen LogP contribution in [0.1, 0.15) is 5.56 Å². The summed E-state index contributed by atoms with van der Waals surface area (Å²) >= 11 is 0. The molecule has 0 radical (unpaired) electrons. The van der Waals surface area contributed by atoms with E-state index >= 15 is 0 Å². The largest absolute Gasteiger partial charge is 0.446 e. The second-order valence-electron chi connectivity index (χ2n) is 3.12. The van der Waals surface area contributed by atoms with Gasteiger partial charge in [-0.15, -0.1) is 6.42 Å². The highest BCUT2D eigenvalue weighted by atomic mass is 16.6. The van der Waals surface area contributed by atoms with E-state index in [1.165, 1.54) is 0 Å². The van der Waals surface area contributed by atoms with Gasteiger partial charge in [0.05, 0.1) is 0 Å². The lowest BCUT2D eigenvalue weighted by Gasteiger charge is -2.19. The van der Waals surface area contributed by atoms with Crippen LogP contribution in [0.3, 0.4) is 0 Å². The molecule has 3 nitrogen and oxygen atoms in total.